The summed E-state index contributed by atoms with van der Waals surface area (Å²) in [6.45, 7) is 39.0. The van der Waals surface area contributed by atoms with Gasteiger partial charge >= 0.3 is 33.2 Å². The summed E-state index contributed by atoms with van der Waals surface area (Å²) in [7, 11) is -4.23. The van der Waals surface area contributed by atoms with Gasteiger partial charge in [-0.05, 0) is 117 Å². The van der Waals surface area contributed by atoms with Gasteiger partial charge in [-0.25, -0.2) is 19.2 Å². The van der Waals surface area contributed by atoms with Crippen molar-refractivity contribution in [1.29, 1.82) is 0 Å². The number of unbranched alkanes of at least 4 members (excludes halogenated alkanes) is 2. The van der Waals surface area contributed by atoms with Crippen molar-refractivity contribution in [1.82, 2.24) is 0 Å². The highest BCUT2D eigenvalue weighted by atomic mass is 35.7. The van der Waals surface area contributed by atoms with Gasteiger partial charge in [0.25, 0.3) is 5.97 Å². The normalized spacial score (nSPS) is 11.5. The third-order valence-electron chi connectivity index (χ3n) is 7.28. The molecule has 0 unspecified atom stereocenters. The maximum Gasteiger partial charge on any atom is 0.333 e. The molecule has 0 saturated carbocycles. The number of carbonyl (C=O) groups is 4. The van der Waals surface area contributed by atoms with Crippen molar-refractivity contribution < 1.29 is 60.3 Å². The first-order chi connectivity index (χ1) is 28.8. The van der Waals surface area contributed by atoms with Crippen LogP contribution < -0.4 is 0 Å². The zero-order valence-electron chi connectivity index (χ0n) is 41.3. The molecule has 22 heteroatoms. The highest BCUT2D eigenvalue weighted by Crippen LogP contribution is 2.29. The van der Waals surface area contributed by atoms with Crippen LogP contribution in [0.4, 0.5) is 0 Å². The molecule has 0 rings (SSSR count). The highest BCUT2D eigenvalue weighted by molar-refractivity contribution is 7.33. The fourth-order valence-corrected chi connectivity index (χ4v) is 11.6. The van der Waals surface area contributed by atoms with Gasteiger partial charge in [-0.1, -0.05) is 45.8 Å². The molecule has 0 aliphatic rings. The van der Waals surface area contributed by atoms with Gasteiger partial charge < -0.3 is 41.1 Å². The minimum atomic E-state index is -1.84. The summed E-state index contributed by atoms with van der Waals surface area (Å²) < 4.78 is 48.4. The number of esters is 4. The van der Waals surface area contributed by atoms with Crippen molar-refractivity contribution in [3.05, 3.63) is 48.6 Å². The molecule has 0 aliphatic heterocycles. The van der Waals surface area contributed by atoms with Gasteiger partial charge in [-0.2, -0.15) is 33.2 Å². The maximum absolute atomic E-state index is 11.4. The minimum absolute atomic E-state index is 0.308. The first kappa shape index (κ1) is 68.4. The van der Waals surface area contributed by atoms with E-state index in [0.717, 1.165) is 50.2 Å². The van der Waals surface area contributed by atoms with Gasteiger partial charge in [-0.15, -0.1) is 0 Å². The lowest BCUT2D eigenvalue weighted by molar-refractivity contribution is -0.268. The van der Waals surface area contributed by atoms with Crippen LogP contribution in [0.2, 0.25) is 70.5 Å². The van der Waals surface area contributed by atoms with Crippen LogP contribution in [-0.4, -0.2) is 122 Å². The molecule has 0 heterocycles. The van der Waals surface area contributed by atoms with Crippen molar-refractivity contribution in [2.75, 3.05) is 40.6 Å². The molecule has 0 aromatic heterocycles. The van der Waals surface area contributed by atoms with Gasteiger partial charge in [0.15, 0.2) is 34.5 Å². The average molecular weight is 1060 g/mol. The summed E-state index contributed by atoms with van der Waals surface area (Å²) in [6.07, 6.45) is 5.57. The fourth-order valence-electron chi connectivity index (χ4n) is 4.32. The minimum Gasteiger partial charge on any atom is -0.462 e. The third-order valence-corrected chi connectivity index (χ3v) is 15.9. The number of halogens is 3. The van der Waals surface area contributed by atoms with Crippen molar-refractivity contribution in [3.63, 3.8) is 0 Å². The zero-order valence-corrected chi connectivity index (χ0v) is 50.9. The first-order valence-electron chi connectivity index (χ1n) is 21.1. The van der Waals surface area contributed by atoms with Crippen LogP contribution in [-0.2, 0) is 60.3 Å². The molecule has 0 aliphatic carbocycles. The van der Waals surface area contributed by atoms with E-state index >= 15 is 0 Å². The molecule has 370 valence electrons. The fraction of sp³-hybridized carbons (Fsp3) is 0.707. The predicted molar refractivity (Wildman–Crippen MR) is 276 cm³/mol. The largest absolute Gasteiger partial charge is 0.462 e. The Morgan fingerprint density at radius 1 is 0.556 bits per heavy atom. The molecule has 0 spiro atoms. The van der Waals surface area contributed by atoms with Crippen molar-refractivity contribution in [2.24, 2.45) is 0 Å². The van der Waals surface area contributed by atoms with Gasteiger partial charge in [0.1, 0.15) is 0 Å². The molecule has 0 atom stereocenters. The van der Waals surface area contributed by atoms with Crippen LogP contribution in [0.1, 0.15) is 72.6 Å². The molecule has 0 N–H and O–H groups in total. The summed E-state index contributed by atoms with van der Waals surface area (Å²) in [5.74, 6) is -2.31. The first-order valence-corrected chi connectivity index (χ1v) is 39.0. The van der Waals surface area contributed by atoms with Crippen LogP contribution in [0, 0.1) is 0 Å². The Morgan fingerprint density at radius 2 is 0.873 bits per heavy atom. The summed E-state index contributed by atoms with van der Waals surface area (Å²) in [5, 5.41) is 0. The Kier molecular flexibility index (Phi) is 41.1. The van der Waals surface area contributed by atoms with E-state index in [-0.39, 0.29) is 23.9 Å². The monoisotopic (exact) mass is 1060 g/mol. The zero-order chi connectivity index (χ0) is 50.0. The summed E-state index contributed by atoms with van der Waals surface area (Å²) >= 11 is 17.4. The van der Waals surface area contributed by atoms with E-state index in [4.69, 9.17) is 74.3 Å². The van der Waals surface area contributed by atoms with Gasteiger partial charge in [0, 0.05) is 42.9 Å². The lowest BCUT2D eigenvalue weighted by atomic mass is 10.3. The second-order valence-corrected chi connectivity index (χ2v) is 41.0. The molecule has 0 fully saturated rings. The molecule has 0 radical (unpaired) electrons. The average Bonchev–Trinajstić information content (AvgIpc) is 3.14. The quantitative estimate of drug-likeness (QED) is 0.0133. The molecule has 0 amide bonds. The Bertz CT molecular complexity index is 1350. The number of rotatable bonds is 29. The van der Waals surface area contributed by atoms with Gasteiger partial charge in [-0.3, -0.25) is 0 Å². The van der Waals surface area contributed by atoms with Gasteiger partial charge in [0.05, 0.1) is 26.4 Å². The van der Waals surface area contributed by atoms with E-state index in [9.17, 15) is 19.2 Å². The van der Waals surface area contributed by atoms with Crippen LogP contribution in [0.25, 0.3) is 0 Å². The highest BCUT2D eigenvalue weighted by Gasteiger charge is 2.40. The Hall–Kier alpha value is -1.19. The molecule has 0 saturated heterocycles. The maximum atomic E-state index is 11.4. The van der Waals surface area contributed by atoms with E-state index in [1.54, 1.807) is 41.9 Å². The van der Waals surface area contributed by atoms with Crippen LogP contribution in [0.3, 0.4) is 0 Å². The van der Waals surface area contributed by atoms with E-state index in [2.05, 4.69) is 78.7 Å². The Balaban J connectivity index is -0.000000379. The van der Waals surface area contributed by atoms with Crippen LogP contribution in [0.15, 0.2) is 48.6 Å². The Morgan fingerprint density at radius 3 is 1.14 bits per heavy atom. The lowest BCUT2D eigenvalue weighted by Gasteiger charge is -2.41. The molecule has 63 heavy (non-hydrogen) atoms. The third kappa shape index (κ3) is 48.6. The topological polar surface area (TPSA) is 151 Å². The van der Waals surface area contributed by atoms with E-state index in [0.29, 0.717) is 72.0 Å². The summed E-state index contributed by atoms with van der Waals surface area (Å²) in [6, 6.07) is 2.78. The van der Waals surface area contributed by atoms with Crippen molar-refractivity contribution in [2.45, 2.75) is 149 Å². The predicted octanol–water partition coefficient (Wildman–Crippen LogP) is 9.46. The second kappa shape index (κ2) is 37.9. The van der Waals surface area contributed by atoms with Gasteiger partial charge in [0.2, 0.25) is 7.42 Å². The lowest BCUT2D eigenvalue weighted by Crippen LogP contribution is -2.51. The van der Waals surface area contributed by atoms with Crippen LogP contribution >= 0.6 is 33.2 Å². The molecule has 13 nitrogen and oxygen atoms in total. The number of carbonyl (C=O) groups excluding carboxylic acids is 4. The molecular weight excluding hydrogens is 975 g/mol. The molecule has 0 bridgehead atoms. The molecule has 0 aromatic rings. The SMILES string of the molecule is C=C(C)C(=O)OCCCC(O[SiH3])(O[Si](C)(C)C)O[Si](C)(C)C.C=C(C)C(=O)OCCCC[SiH](Cl)Cl.C=C(C)C(=O)OCCCC[SiH](OC)OC.C=C(C)C(=O)OCCC[Si](C)(C)Cl. The Labute approximate surface area is 404 Å². The van der Waals surface area contributed by atoms with E-state index < -0.39 is 46.7 Å². The summed E-state index contributed by atoms with van der Waals surface area (Å²) in [5.41, 5.74) is 1.72. The number of hydrogen-bond donors (Lipinski definition) is 0. The van der Waals surface area contributed by atoms with Crippen molar-refractivity contribution in [3.8, 4) is 0 Å². The van der Waals surface area contributed by atoms with E-state index in [1.165, 1.54) is 0 Å². The standard InChI is InChI=1S/C14H32O5Si3.C10H20O4Si.C9H17ClO2Si.C8H14Cl2O2Si/c1-12(2)13(15)16-11-9-10-14(17-20,18-21(3,4)5)19-22(6,7)8;1-9(2)10(11)14-7-5-6-8-15(12-3)13-4;1-8(2)9(11)12-6-5-7-13(3,4)10;1-7(2)8(11)12-5-3-4-6-13(9)10/h1,9-11H2,2-8,20H3;15H,1,5-8H2,2-4H3;1,5-7H2,2-4H3;13H,1,3-6H2,2H3. The van der Waals surface area contributed by atoms with Crippen LogP contribution in [0.5, 0.6) is 0 Å². The molecule has 0 aromatic carbocycles. The molecular formula is C41H83Cl3O13Si6. The van der Waals surface area contributed by atoms with E-state index in [1.807, 2.05) is 0 Å². The smallest absolute Gasteiger partial charge is 0.333 e. The van der Waals surface area contributed by atoms with Crippen molar-refractivity contribution >= 4 is 108 Å². The number of ether oxygens (including phenoxy) is 4. The second-order valence-electron chi connectivity index (χ2n) is 17.2. The number of hydrogen-bond acceptors (Lipinski definition) is 13. The summed E-state index contributed by atoms with van der Waals surface area (Å²) in [4.78, 5) is 44.2.